The van der Waals surface area contributed by atoms with Gasteiger partial charge in [-0.2, -0.15) is 0 Å². The molecule has 1 aromatic rings. The zero-order chi connectivity index (χ0) is 11.7. The minimum Gasteiger partial charge on any atom is -0.480 e. The van der Waals surface area contributed by atoms with Crippen molar-refractivity contribution in [3.63, 3.8) is 0 Å². The zero-order valence-corrected chi connectivity index (χ0v) is 11.7. The van der Waals surface area contributed by atoms with E-state index in [1.54, 1.807) is 22.7 Å². The highest BCUT2D eigenvalue weighted by Crippen LogP contribution is 2.35. The summed E-state index contributed by atoms with van der Waals surface area (Å²) in [5.74, 6) is -0.767. The number of nitrogens with one attached hydrogen (secondary N) is 1. The molecule has 4 nitrogen and oxygen atoms in total. The molecule has 0 bridgehead atoms. The molecule has 0 unspecified atom stereocenters. The number of thiophene rings is 1. The van der Waals surface area contributed by atoms with Crippen LogP contribution in [0, 0.1) is 0 Å². The molecular weight excluding hydrogens is 312 g/mol. The van der Waals surface area contributed by atoms with E-state index in [0.717, 1.165) is 3.79 Å². The van der Waals surface area contributed by atoms with Crippen LogP contribution in [0.4, 0.5) is 0 Å². The van der Waals surface area contributed by atoms with Crippen molar-refractivity contribution in [2.45, 2.75) is 18.5 Å². The molecule has 16 heavy (non-hydrogen) atoms. The third kappa shape index (κ3) is 2.60. The van der Waals surface area contributed by atoms with Gasteiger partial charge in [-0.15, -0.1) is 11.3 Å². The minimum absolute atomic E-state index is 0.110. The summed E-state index contributed by atoms with van der Waals surface area (Å²) >= 11 is 6.41. The number of likely N-dealkylation sites (N-methyl/N-ethyl adjacent to an activating group) is 1. The molecule has 2 atom stereocenters. The van der Waals surface area contributed by atoms with Gasteiger partial charge >= 0.3 is 5.97 Å². The van der Waals surface area contributed by atoms with Crippen molar-refractivity contribution in [1.29, 1.82) is 0 Å². The number of aliphatic carboxylic acids is 1. The number of carboxylic acid groups (broad SMARTS) is 1. The van der Waals surface area contributed by atoms with Gasteiger partial charge in [0.25, 0.3) is 0 Å². The smallest absolute Gasteiger partial charge is 0.321 e. The molecule has 0 radical (unpaired) electrons. The molecule has 2 rings (SSSR count). The maximum absolute atomic E-state index is 11.1. The summed E-state index contributed by atoms with van der Waals surface area (Å²) in [7, 11) is 1.79. The van der Waals surface area contributed by atoms with Crippen LogP contribution in [0.25, 0.3) is 0 Å². The zero-order valence-electron chi connectivity index (χ0n) is 8.51. The maximum atomic E-state index is 11.1. The summed E-state index contributed by atoms with van der Waals surface area (Å²) in [6.07, 6.45) is 0.589. The first kappa shape index (κ1) is 12.4. The van der Waals surface area contributed by atoms with Crippen LogP contribution in [0.2, 0.25) is 0 Å². The van der Waals surface area contributed by atoms with Gasteiger partial charge in [0.05, 0.1) is 9.83 Å². The van der Waals surface area contributed by atoms with Crippen molar-refractivity contribution in [3.05, 3.63) is 20.8 Å². The van der Waals surface area contributed by atoms with E-state index in [4.69, 9.17) is 5.11 Å². The fourth-order valence-electron chi connectivity index (χ4n) is 1.58. The fraction of sp³-hybridized carbons (Fsp3) is 0.444. The predicted molar refractivity (Wildman–Crippen MR) is 69.3 cm³/mol. The van der Waals surface area contributed by atoms with Crippen LogP contribution < -0.4 is 4.72 Å². The lowest BCUT2D eigenvalue weighted by Gasteiger charge is -2.33. The standard InChI is InChI=1S/C9H11BrN2O2S2/c1-12-6(9(13)14)4-5(11-16-12)7-2-3-8(10)15-7/h2-3,5-6,11H,4H2,1H3,(H,13,14)/t5-,6+/m0/s1. The Labute approximate surface area is 110 Å². The molecule has 0 saturated carbocycles. The molecular formula is C9H11BrN2O2S2. The number of hydrogen-bond donors (Lipinski definition) is 2. The second-order valence-corrected chi connectivity index (χ2v) is 7.03. The molecule has 1 aliphatic rings. The number of carbonyl (C=O) groups is 1. The average molecular weight is 323 g/mol. The third-order valence-corrected chi connectivity index (χ3v) is 5.13. The van der Waals surface area contributed by atoms with Crippen molar-refractivity contribution in [3.8, 4) is 0 Å². The SMILES string of the molecule is CN1SN[C@H](c2ccc(Br)s2)C[C@@H]1C(=O)O. The van der Waals surface area contributed by atoms with Gasteiger partial charge < -0.3 is 5.11 Å². The van der Waals surface area contributed by atoms with Crippen molar-refractivity contribution in [2.75, 3.05) is 7.05 Å². The summed E-state index contributed by atoms with van der Waals surface area (Å²) in [6, 6.07) is 3.69. The van der Waals surface area contributed by atoms with Gasteiger partial charge in [-0.05, 0) is 41.5 Å². The van der Waals surface area contributed by atoms with E-state index < -0.39 is 12.0 Å². The maximum Gasteiger partial charge on any atom is 0.321 e. The summed E-state index contributed by atoms with van der Waals surface area (Å²) in [4.78, 5) is 12.2. The summed E-state index contributed by atoms with van der Waals surface area (Å²) in [5.41, 5.74) is 0. The molecule has 7 heteroatoms. The third-order valence-electron chi connectivity index (χ3n) is 2.46. The number of carboxylic acids is 1. The van der Waals surface area contributed by atoms with Gasteiger partial charge in [-0.25, -0.2) is 9.03 Å². The highest BCUT2D eigenvalue weighted by molar-refractivity contribution is 9.11. The van der Waals surface area contributed by atoms with Gasteiger partial charge in [0, 0.05) is 17.0 Å². The van der Waals surface area contributed by atoms with E-state index in [1.165, 1.54) is 17.0 Å². The molecule has 2 N–H and O–H groups in total. The number of halogens is 1. The van der Waals surface area contributed by atoms with E-state index in [9.17, 15) is 4.79 Å². The highest BCUT2D eigenvalue weighted by Gasteiger charge is 2.33. The molecule has 1 aromatic heterocycles. The van der Waals surface area contributed by atoms with Crippen LogP contribution in [0.3, 0.4) is 0 Å². The van der Waals surface area contributed by atoms with E-state index in [-0.39, 0.29) is 6.04 Å². The molecule has 2 heterocycles. The molecule has 88 valence electrons. The Hall–Kier alpha value is -0.0800. The van der Waals surface area contributed by atoms with Gasteiger partial charge in [0.2, 0.25) is 0 Å². The Morgan fingerprint density at radius 1 is 1.69 bits per heavy atom. The lowest BCUT2D eigenvalue weighted by molar-refractivity contribution is -0.141. The van der Waals surface area contributed by atoms with E-state index in [0.29, 0.717) is 6.42 Å². The van der Waals surface area contributed by atoms with Gasteiger partial charge in [0.1, 0.15) is 6.04 Å². The number of rotatable bonds is 2. The van der Waals surface area contributed by atoms with E-state index >= 15 is 0 Å². The first-order valence-electron chi connectivity index (χ1n) is 4.71. The van der Waals surface area contributed by atoms with E-state index in [1.807, 2.05) is 12.1 Å². The fourth-order valence-corrected chi connectivity index (χ4v) is 3.96. The predicted octanol–water partition coefficient (Wildman–Crippen LogP) is 2.49. The summed E-state index contributed by atoms with van der Waals surface area (Å²) in [5, 5.41) is 9.09. The van der Waals surface area contributed by atoms with Crippen LogP contribution in [-0.2, 0) is 4.79 Å². The molecule has 1 fully saturated rings. The minimum atomic E-state index is -0.767. The van der Waals surface area contributed by atoms with Crippen LogP contribution in [0.15, 0.2) is 15.9 Å². The highest BCUT2D eigenvalue weighted by atomic mass is 79.9. The van der Waals surface area contributed by atoms with Gasteiger partial charge in [-0.3, -0.25) is 4.79 Å². The van der Waals surface area contributed by atoms with Gasteiger partial charge in [-0.1, -0.05) is 0 Å². The molecule has 0 aromatic carbocycles. The normalized spacial score (nSPS) is 26.9. The second kappa shape index (κ2) is 5.05. The van der Waals surface area contributed by atoms with Crippen LogP contribution in [-0.4, -0.2) is 28.5 Å². The molecule has 0 spiro atoms. The van der Waals surface area contributed by atoms with E-state index in [2.05, 4.69) is 20.7 Å². The van der Waals surface area contributed by atoms with Crippen LogP contribution in [0.1, 0.15) is 17.3 Å². The van der Waals surface area contributed by atoms with Crippen molar-refractivity contribution in [2.24, 2.45) is 0 Å². The summed E-state index contributed by atoms with van der Waals surface area (Å²) < 4.78 is 6.06. The lowest BCUT2D eigenvalue weighted by Crippen LogP contribution is -2.43. The first-order chi connectivity index (χ1) is 7.58. The Morgan fingerprint density at radius 2 is 2.44 bits per heavy atom. The summed E-state index contributed by atoms with van der Waals surface area (Å²) in [6.45, 7) is 0. The molecule has 0 aliphatic carbocycles. The van der Waals surface area contributed by atoms with Gasteiger partial charge in [0.15, 0.2) is 0 Å². The largest absolute Gasteiger partial charge is 0.480 e. The Balaban J connectivity index is 2.11. The van der Waals surface area contributed by atoms with Crippen molar-refractivity contribution in [1.82, 2.24) is 9.03 Å². The van der Waals surface area contributed by atoms with Crippen LogP contribution in [0.5, 0.6) is 0 Å². The second-order valence-electron chi connectivity index (χ2n) is 3.54. The Morgan fingerprint density at radius 3 is 3.00 bits per heavy atom. The van der Waals surface area contributed by atoms with Crippen molar-refractivity contribution < 1.29 is 9.90 Å². The monoisotopic (exact) mass is 322 g/mol. The quantitative estimate of drug-likeness (QED) is 0.819. The average Bonchev–Trinajstić information content (AvgIpc) is 2.65. The number of hydrogen-bond acceptors (Lipinski definition) is 5. The first-order valence-corrected chi connectivity index (χ1v) is 7.09. The number of nitrogens with zero attached hydrogens (tertiary/aromatic N) is 1. The molecule has 1 saturated heterocycles. The Kier molecular flexibility index (Phi) is 3.91. The topological polar surface area (TPSA) is 52.6 Å². The molecule has 0 amide bonds. The van der Waals surface area contributed by atoms with Crippen molar-refractivity contribution >= 4 is 45.4 Å². The molecule has 1 aliphatic heterocycles. The van der Waals surface area contributed by atoms with Crippen LogP contribution >= 0.6 is 39.4 Å². The Bertz CT molecular complexity index is 399. The lowest BCUT2D eigenvalue weighted by atomic mass is 10.1.